The first-order valence-corrected chi connectivity index (χ1v) is 8.38. The molecule has 0 fully saturated rings. The van der Waals surface area contributed by atoms with Crippen molar-refractivity contribution in [2.24, 2.45) is 0 Å². The Morgan fingerprint density at radius 3 is 2.92 bits per heavy atom. The summed E-state index contributed by atoms with van der Waals surface area (Å²) in [5.74, 6) is 0.124. The third-order valence-corrected chi connectivity index (χ3v) is 4.82. The van der Waals surface area contributed by atoms with Gasteiger partial charge in [-0.15, -0.1) is 11.3 Å². The highest BCUT2D eigenvalue weighted by Crippen LogP contribution is 2.26. The fraction of sp³-hybridized carbons (Fsp3) is 0.167. The lowest BCUT2D eigenvalue weighted by Crippen LogP contribution is -2.31. The van der Waals surface area contributed by atoms with Crippen molar-refractivity contribution in [2.45, 2.75) is 12.8 Å². The van der Waals surface area contributed by atoms with Gasteiger partial charge in [0, 0.05) is 18.2 Å². The minimum atomic E-state index is -0.293. The number of para-hydroxylation sites is 1. The minimum Gasteiger partial charge on any atom is -0.337 e. The average molecular weight is 336 g/mol. The molecule has 0 aliphatic heterocycles. The summed E-state index contributed by atoms with van der Waals surface area (Å²) in [5.41, 5.74) is 2.09. The maximum Gasteiger partial charge on any atom is 0.319 e. The van der Waals surface area contributed by atoms with Crippen LogP contribution in [0.15, 0.2) is 48.5 Å². The number of nitrogens with zero attached hydrogens (tertiary/aromatic N) is 2. The van der Waals surface area contributed by atoms with Gasteiger partial charge in [-0.05, 0) is 30.3 Å². The number of amides is 2. The van der Waals surface area contributed by atoms with E-state index in [1.165, 1.54) is 0 Å². The maximum atomic E-state index is 12.0. The summed E-state index contributed by atoms with van der Waals surface area (Å²) < 4.78 is 1.15. The Morgan fingerprint density at radius 2 is 2.12 bits per heavy atom. The molecule has 1 unspecified atom stereocenters. The Labute approximate surface area is 144 Å². The van der Waals surface area contributed by atoms with E-state index in [0.29, 0.717) is 17.8 Å². The number of hydrogen-bond acceptors (Lipinski definition) is 4. The Hall–Kier alpha value is -2.91. The SMILES string of the molecule is CC(CNC(=O)Nc1cccc(C#N)c1)c1nc2ccccc2s1. The first-order chi connectivity index (χ1) is 11.7. The van der Waals surface area contributed by atoms with Crippen LogP contribution in [0.2, 0.25) is 0 Å². The molecular weight excluding hydrogens is 320 g/mol. The molecule has 0 aliphatic rings. The minimum absolute atomic E-state index is 0.124. The van der Waals surface area contributed by atoms with Crippen LogP contribution in [-0.4, -0.2) is 17.6 Å². The third-order valence-electron chi connectivity index (χ3n) is 3.55. The van der Waals surface area contributed by atoms with Crippen molar-refractivity contribution >= 4 is 33.3 Å². The quantitative estimate of drug-likeness (QED) is 0.753. The number of carbonyl (C=O) groups is 1. The molecule has 2 N–H and O–H groups in total. The Bertz CT molecular complexity index is 880. The van der Waals surface area contributed by atoms with E-state index in [1.807, 2.05) is 37.3 Å². The fourth-order valence-corrected chi connectivity index (χ4v) is 3.29. The molecule has 3 aromatic rings. The number of nitrogens with one attached hydrogen (secondary N) is 2. The number of benzene rings is 2. The molecule has 1 atom stereocenters. The summed E-state index contributed by atoms with van der Waals surface area (Å²) in [6, 6.07) is 16.6. The van der Waals surface area contributed by atoms with Gasteiger partial charge in [0.05, 0.1) is 26.9 Å². The molecule has 1 heterocycles. The molecule has 0 aliphatic carbocycles. The van der Waals surface area contributed by atoms with Crippen LogP contribution in [0.25, 0.3) is 10.2 Å². The van der Waals surface area contributed by atoms with Crippen molar-refractivity contribution in [3.05, 3.63) is 59.1 Å². The zero-order chi connectivity index (χ0) is 16.9. The van der Waals surface area contributed by atoms with E-state index >= 15 is 0 Å². The van der Waals surface area contributed by atoms with E-state index < -0.39 is 0 Å². The van der Waals surface area contributed by atoms with Gasteiger partial charge in [-0.1, -0.05) is 25.1 Å². The number of anilines is 1. The fourth-order valence-electron chi connectivity index (χ4n) is 2.28. The summed E-state index contributed by atoms with van der Waals surface area (Å²) in [6.45, 7) is 2.53. The van der Waals surface area contributed by atoms with Gasteiger partial charge in [0.2, 0.25) is 0 Å². The first-order valence-electron chi connectivity index (χ1n) is 7.56. The molecule has 3 rings (SSSR count). The Balaban J connectivity index is 1.58. The highest BCUT2D eigenvalue weighted by molar-refractivity contribution is 7.18. The molecule has 0 saturated heterocycles. The molecule has 0 radical (unpaired) electrons. The topological polar surface area (TPSA) is 77.8 Å². The zero-order valence-corrected chi connectivity index (χ0v) is 13.9. The van der Waals surface area contributed by atoms with Crippen LogP contribution in [0.3, 0.4) is 0 Å². The van der Waals surface area contributed by atoms with Crippen molar-refractivity contribution in [1.29, 1.82) is 5.26 Å². The van der Waals surface area contributed by atoms with E-state index in [1.54, 1.807) is 35.6 Å². The smallest absolute Gasteiger partial charge is 0.319 e. The van der Waals surface area contributed by atoms with Gasteiger partial charge in [-0.25, -0.2) is 9.78 Å². The van der Waals surface area contributed by atoms with E-state index in [9.17, 15) is 4.79 Å². The monoisotopic (exact) mass is 336 g/mol. The second kappa shape index (κ2) is 7.11. The van der Waals surface area contributed by atoms with Crippen molar-refractivity contribution in [2.75, 3.05) is 11.9 Å². The van der Waals surface area contributed by atoms with Crippen molar-refractivity contribution < 1.29 is 4.79 Å². The predicted molar refractivity (Wildman–Crippen MR) is 96.2 cm³/mol. The highest BCUT2D eigenvalue weighted by atomic mass is 32.1. The molecule has 2 aromatic carbocycles. The first kappa shape index (κ1) is 16.0. The number of nitriles is 1. The lowest BCUT2D eigenvalue weighted by atomic mass is 10.2. The number of carbonyl (C=O) groups excluding carboxylic acids is 1. The van der Waals surface area contributed by atoms with Gasteiger partial charge in [0.15, 0.2) is 0 Å². The number of urea groups is 1. The van der Waals surface area contributed by atoms with Crippen molar-refractivity contribution in [3.63, 3.8) is 0 Å². The standard InChI is InChI=1S/C18H16N4OS/c1-12(17-22-15-7-2-3-8-16(15)24-17)11-20-18(23)21-14-6-4-5-13(9-14)10-19/h2-9,12H,11H2,1H3,(H2,20,21,23). The molecule has 0 spiro atoms. The Kier molecular flexibility index (Phi) is 4.73. The number of rotatable bonds is 4. The second-order valence-corrected chi connectivity index (χ2v) is 6.51. The molecule has 120 valence electrons. The molecular formula is C18H16N4OS. The highest BCUT2D eigenvalue weighted by Gasteiger charge is 2.12. The van der Waals surface area contributed by atoms with Gasteiger partial charge >= 0.3 is 6.03 Å². The van der Waals surface area contributed by atoms with E-state index in [2.05, 4.69) is 15.6 Å². The van der Waals surface area contributed by atoms with Gasteiger partial charge in [0.1, 0.15) is 0 Å². The van der Waals surface area contributed by atoms with E-state index in [4.69, 9.17) is 5.26 Å². The number of thiazole rings is 1. The average Bonchev–Trinajstić information content (AvgIpc) is 3.04. The van der Waals surface area contributed by atoms with Gasteiger partial charge in [0.25, 0.3) is 0 Å². The van der Waals surface area contributed by atoms with Crippen LogP contribution in [0.5, 0.6) is 0 Å². The number of fused-ring (bicyclic) bond motifs is 1. The maximum absolute atomic E-state index is 12.0. The van der Waals surface area contributed by atoms with Crippen molar-refractivity contribution in [1.82, 2.24) is 10.3 Å². The van der Waals surface area contributed by atoms with Crippen LogP contribution < -0.4 is 10.6 Å². The van der Waals surface area contributed by atoms with Crippen molar-refractivity contribution in [3.8, 4) is 6.07 Å². The lowest BCUT2D eigenvalue weighted by molar-refractivity contribution is 0.251. The van der Waals surface area contributed by atoms with Gasteiger partial charge < -0.3 is 10.6 Å². The molecule has 5 nitrogen and oxygen atoms in total. The van der Waals surface area contributed by atoms with Crippen LogP contribution in [0.4, 0.5) is 10.5 Å². The summed E-state index contributed by atoms with van der Waals surface area (Å²) in [7, 11) is 0. The summed E-state index contributed by atoms with van der Waals surface area (Å²) >= 11 is 1.65. The zero-order valence-electron chi connectivity index (χ0n) is 13.1. The summed E-state index contributed by atoms with van der Waals surface area (Å²) in [6.07, 6.45) is 0. The summed E-state index contributed by atoms with van der Waals surface area (Å²) in [4.78, 5) is 16.6. The van der Waals surface area contributed by atoms with E-state index in [-0.39, 0.29) is 11.9 Å². The van der Waals surface area contributed by atoms with Crippen LogP contribution in [-0.2, 0) is 0 Å². The Morgan fingerprint density at radius 1 is 1.29 bits per heavy atom. The van der Waals surface area contributed by atoms with Gasteiger partial charge in [-0.3, -0.25) is 0 Å². The molecule has 0 bridgehead atoms. The normalized spacial score (nSPS) is 11.7. The largest absolute Gasteiger partial charge is 0.337 e. The number of hydrogen-bond donors (Lipinski definition) is 2. The molecule has 6 heteroatoms. The predicted octanol–water partition coefficient (Wildman–Crippen LogP) is 4.09. The molecule has 1 aromatic heterocycles. The van der Waals surface area contributed by atoms with Gasteiger partial charge in [-0.2, -0.15) is 5.26 Å². The lowest BCUT2D eigenvalue weighted by Gasteiger charge is -2.11. The van der Waals surface area contributed by atoms with Crippen LogP contribution in [0.1, 0.15) is 23.4 Å². The molecule has 24 heavy (non-hydrogen) atoms. The molecule has 2 amide bonds. The van der Waals surface area contributed by atoms with Crippen LogP contribution >= 0.6 is 11.3 Å². The summed E-state index contributed by atoms with van der Waals surface area (Å²) in [5, 5.41) is 15.5. The number of aromatic nitrogens is 1. The second-order valence-electron chi connectivity index (χ2n) is 5.45. The van der Waals surface area contributed by atoms with Crippen LogP contribution in [0, 0.1) is 11.3 Å². The third kappa shape index (κ3) is 3.70. The van der Waals surface area contributed by atoms with E-state index in [0.717, 1.165) is 15.2 Å². The molecule has 0 saturated carbocycles.